The van der Waals surface area contributed by atoms with Crippen LogP contribution in [-0.2, 0) is 0 Å². The van der Waals surface area contributed by atoms with Gasteiger partial charge in [0.2, 0.25) is 0 Å². The van der Waals surface area contributed by atoms with E-state index >= 15 is 4.39 Å². The van der Waals surface area contributed by atoms with Gasteiger partial charge in [0.15, 0.2) is 10.9 Å². The van der Waals surface area contributed by atoms with Gasteiger partial charge < -0.3 is 16.2 Å². The molecule has 2 aromatic heterocycles. The van der Waals surface area contributed by atoms with E-state index in [-0.39, 0.29) is 54.2 Å². The fraction of sp³-hybridized carbons (Fsp3) is 0.348. The van der Waals surface area contributed by atoms with Gasteiger partial charge in [0.05, 0.1) is 20.8 Å². The number of hydrogen-bond acceptors (Lipinski definition) is 8. The van der Waals surface area contributed by atoms with Crippen LogP contribution in [0.5, 0.6) is 6.01 Å². The van der Waals surface area contributed by atoms with Gasteiger partial charge in [-0.25, -0.2) is 13.8 Å². The third-order valence-corrected chi connectivity index (χ3v) is 8.15. The molecule has 0 atom stereocenters. The topological polar surface area (TPSA) is 103 Å². The summed E-state index contributed by atoms with van der Waals surface area (Å²) in [7, 11) is 0. The Kier molecular flexibility index (Phi) is 5.02. The number of hydrogen-bond donors (Lipinski definition) is 2. The quantitative estimate of drug-likeness (QED) is 0.404. The van der Waals surface area contributed by atoms with Gasteiger partial charge in [-0.3, -0.25) is 4.90 Å². The number of aromatic nitrogens is 3. The minimum atomic E-state index is -0.706. The van der Waals surface area contributed by atoms with Crippen molar-refractivity contribution in [1.29, 1.82) is 0 Å². The Bertz CT molecular complexity index is 1450. The molecule has 0 bridgehead atoms. The summed E-state index contributed by atoms with van der Waals surface area (Å²) in [6.45, 7) is 2.55. The molecule has 2 saturated heterocycles. The minimum absolute atomic E-state index is 0.0128. The molecule has 4 aromatic rings. The number of benzene rings is 2. The Morgan fingerprint density at radius 1 is 1.09 bits per heavy atom. The summed E-state index contributed by atoms with van der Waals surface area (Å²) in [4.78, 5) is 15.3. The van der Waals surface area contributed by atoms with Crippen LogP contribution in [0, 0.1) is 11.6 Å². The summed E-state index contributed by atoms with van der Waals surface area (Å²) in [5.74, 6) is -1.12. The van der Waals surface area contributed by atoms with Crippen LogP contribution in [0.15, 0.2) is 18.2 Å². The summed E-state index contributed by atoms with van der Waals surface area (Å²) < 4.78 is 36.4. The molecule has 7 nitrogen and oxygen atoms in total. The lowest BCUT2D eigenvalue weighted by Gasteiger charge is -2.31. The number of nitrogens with two attached hydrogens (primary N) is 2. The molecule has 4 N–H and O–H groups in total. The molecular formula is C23H21ClF2N6OS. The molecular weight excluding hydrogens is 482 g/mol. The molecule has 0 radical (unpaired) electrons. The number of ether oxygens (including phenoxy) is 1. The molecule has 0 aliphatic carbocycles. The molecule has 4 heterocycles. The maximum absolute atomic E-state index is 15.9. The van der Waals surface area contributed by atoms with Crippen molar-refractivity contribution < 1.29 is 13.5 Å². The first-order valence-corrected chi connectivity index (χ1v) is 12.2. The lowest BCUT2D eigenvalue weighted by Crippen LogP contribution is -2.43. The Morgan fingerprint density at radius 2 is 1.85 bits per heavy atom. The van der Waals surface area contributed by atoms with Crippen molar-refractivity contribution in [3.05, 3.63) is 34.9 Å². The third-order valence-electron chi connectivity index (χ3n) is 6.95. The molecule has 176 valence electrons. The normalized spacial score (nSPS) is 17.6. The lowest BCUT2D eigenvalue weighted by molar-refractivity contribution is 0.108. The zero-order valence-electron chi connectivity index (χ0n) is 18.1. The van der Waals surface area contributed by atoms with Crippen molar-refractivity contribution in [1.82, 2.24) is 19.9 Å². The third kappa shape index (κ3) is 3.27. The highest BCUT2D eigenvalue weighted by molar-refractivity contribution is 7.22. The molecule has 2 fully saturated rings. The van der Waals surface area contributed by atoms with E-state index in [0.29, 0.717) is 12.2 Å². The van der Waals surface area contributed by atoms with E-state index < -0.39 is 11.6 Å². The van der Waals surface area contributed by atoms with E-state index in [4.69, 9.17) is 27.8 Å². The SMILES string of the molecule is Nc1nc2c(-c3c(Cl)cc4c(N)nc(OCC56CCCN5CCC6)nc4c3F)ccc(F)c2s1. The van der Waals surface area contributed by atoms with E-state index in [1.165, 1.54) is 18.2 Å². The molecule has 0 saturated carbocycles. The van der Waals surface area contributed by atoms with Crippen LogP contribution in [0.2, 0.25) is 5.02 Å². The Balaban J connectivity index is 1.45. The fourth-order valence-corrected chi connectivity index (χ4v) is 6.42. The highest BCUT2D eigenvalue weighted by Gasteiger charge is 2.45. The van der Waals surface area contributed by atoms with Gasteiger partial charge in [0.25, 0.3) is 0 Å². The lowest BCUT2D eigenvalue weighted by atomic mass is 9.95. The number of fused-ring (bicyclic) bond motifs is 3. The monoisotopic (exact) mass is 502 g/mol. The molecule has 0 spiro atoms. The van der Waals surface area contributed by atoms with Crippen molar-refractivity contribution in [2.24, 2.45) is 0 Å². The predicted octanol–water partition coefficient (Wildman–Crippen LogP) is 5.01. The molecule has 0 unspecified atom stereocenters. The summed E-state index contributed by atoms with van der Waals surface area (Å²) in [5.41, 5.74) is 12.5. The van der Waals surface area contributed by atoms with Crippen LogP contribution in [0.25, 0.3) is 32.2 Å². The highest BCUT2D eigenvalue weighted by Crippen LogP contribution is 2.42. The number of nitrogens with zero attached hydrogens (tertiary/aromatic N) is 4. The minimum Gasteiger partial charge on any atom is -0.461 e. The number of rotatable bonds is 4. The van der Waals surface area contributed by atoms with Gasteiger partial charge in [-0.2, -0.15) is 9.97 Å². The van der Waals surface area contributed by atoms with Gasteiger partial charge in [-0.1, -0.05) is 22.9 Å². The Labute approximate surface area is 202 Å². The van der Waals surface area contributed by atoms with Crippen LogP contribution in [0.1, 0.15) is 25.7 Å². The van der Waals surface area contributed by atoms with Crippen LogP contribution in [-0.4, -0.2) is 45.1 Å². The second kappa shape index (κ2) is 7.86. The number of nitrogen functional groups attached to an aromatic ring is 2. The van der Waals surface area contributed by atoms with Crippen LogP contribution >= 0.6 is 22.9 Å². The maximum Gasteiger partial charge on any atom is 0.319 e. The van der Waals surface area contributed by atoms with Crippen molar-refractivity contribution in [3.8, 4) is 17.1 Å². The molecule has 2 aliphatic rings. The van der Waals surface area contributed by atoms with Crippen LogP contribution < -0.4 is 16.2 Å². The Morgan fingerprint density at radius 3 is 2.62 bits per heavy atom. The van der Waals surface area contributed by atoms with Gasteiger partial charge in [-0.05, 0) is 57.0 Å². The number of halogens is 3. The van der Waals surface area contributed by atoms with E-state index in [1.54, 1.807) is 0 Å². The smallest absolute Gasteiger partial charge is 0.319 e. The summed E-state index contributed by atoms with van der Waals surface area (Å²) in [6.07, 6.45) is 4.38. The Hall–Kier alpha value is -2.82. The molecule has 11 heteroatoms. The molecule has 34 heavy (non-hydrogen) atoms. The summed E-state index contributed by atoms with van der Waals surface area (Å²) >= 11 is 7.46. The number of anilines is 2. The molecule has 0 amide bonds. The number of thiazole rings is 1. The van der Waals surface area contributed by atoms with Crippen LogP contribution in [0.4, 0.5) is 19.7 Å². The predicted molar refractivity (Wildman–Crippen MR) is 130 cm³/mol. The highest BCUT2D eigenvalue weighted by atomic mass is 35.5. The first-order valence-electron chi connectivity index (χ1n) is 11.0. The molecule has 6 rings (SSSR count). The van der Waals surface area contributed by atoms with E-state index in [1.807, 2.05) is 0 Å². The first-order chi connectivity index (χ1) is 16.4. The largest absolute Gasteiger partial charge is 0.461 e. The zero-order valence-corrected chi connectivity index (χ0v) is 19.6. The second-order valence-corrected chi connectivity index (χ2v) is 10.3. The van der Waals surface area contributed by atoms with Crippen LogP contribution in [0.3, 0.4) is 0 Å². The summed E-state index contributed by atoms with van der Waals surface area (Å²) in [5, 5.41) is 0.532. The zero-order chi connectivity index (χ0) is 23.6. The maximum atomic E-state index is 15.9. The van der Waals surface area contributed by atoms with Gasteiger partial charge in [0.1, 0.15) is 23.8 Å². The van der Waals surface area contributed by atoms with Gasteiger partial charge in [0, 0.05) is 16.5 Å². The van der Waals surface area contributed by atoms with E-state index in [0.717, 1.165) is 50.1 Å². The van der Waals surface area contributed by atoms with Crippen molar-refractivity contribution in [2.45, 2.75) is 31.2 Å². The van der Waals surface area contributed by atoms with E-state index in [9.17, 15) is 4.39 Å². The average molecular weight is 503 g/mol. The van der Waals surface area contributed by atoms with Crippen molar-refractivity contribution >= 4 is 55.0 Å². The second-order valence-electron chi connectivity index (χ2n) is 8.87. The molecule has 2 aromatic carbocycles. The van der Waals surface area contributed by atoms with Crippen molar-refractivity contribution in [2.75, 3.05) is 31.2 Å². The average Bonchev–Trinajstić information content (AvgIpc) is 3.49. The van der Waals surface area contributed by atoms with E-state index in [2.05, 4.69) is 19.9 Å². The van der Waals surface area contributed by atoms with Gasteiger partial charge in [-0.15, -0.1) is 0 Å². The summed E-state index contributed by atoms with van der Waals surface area (Å²) in [6, 6.07) is 4.20. The fourth-order valence-electron chi connectivity index (χ4n) is 5.36. The molecule has 2 aliphatic heterocycles. The van der Waals surface area contributed by atoms with Crippen molar-refractivity contribution in [3.63, 3.8) is 0 Å². The van der Waals surface area contributed by atoms with Gasteiger partial charge >= 0.3 is 6.01 Å². The first kappa shape index (κ1) is 21.7. The standard InChI is InChI=1S/C23H21ClF2N6OS/c24-13-9-12-17(16(26)15(13)11-3-4-14(25)19-18(11)29-21(28)34-19)30-22(31-20(12)27)33-10-23-5-1-7-32(23)8-2-6-23/h3-4,9H,1-2,5-8,10H2,(H2,28,29)(H2,27,30,31).